The second-order valence-electron chi connectivity index (χ2n) is 2.14. The largest absolute Gasteiger partial charge is 0.294 e. The zero-order valence-corrected chi connectivity index (χ0v) is 7.97. The maximum atomic E-state index is 10.6. The van der Waals surface area contributed by atoms with Crippen molar-refractivity contribution in [3.63, 3.8) is 0 Å². The van der Waals surface area contributed by atoms with Crippen LogP contribution in [0.25, 0.3) is 0 Å². The number of thioether (sulfide) groups is 1. The van der Waals surface area contributed by atoms with Gasteiger partial charge in [-0.25, -0.2) is 0 Å². The van der Waals surface area contributed by atoms with E-state index in [9.17, 15) is 8.42 Å². The van der Waals surface area contributed by atoms with Crippen LogP contribution in [0.3, 0.4) is 0 Å². The highest BCUT2D eigenvalue weighted by Crippen LogP contribution is 2.18. The second kappa shape index (κ2) is 3.79. The molecule has 1 aromatic rings. The molecule has 1 aromatic carbocycles. The SMILES string of the molecule is N#CSc1ccc(S(=O)(=O)O)cc1. The summed E-state index contributed by atoms with van der Waals surface area (Å²) in [6, 6.07) is 5.40. The van der Waals surface area contributed by atoms with Gasteiger partial charge in [0.25, 0.3) is 10.1 Å². The summed E-state index contributed by atoms with van der Waals surface area (Å²) in [6.45, 7) is 0. The van der Waals surface area contributed by atoms with E-state index in [1.165, 1.54) is 24.3 Å². The molecule has 0 heterocycles. The van der Waals surface area contributed by atoms with E-state index in [1.807, 2.05) is 5.40 Å². The van der Waals surface area contributed by atoms with Crippen molar-refractivity contribution in [1.29, 1.82) is 5.26 Å². The van der Waals surface area contributed by atoms with Crippen molar-refractivity contribution in [2.45, 2.75) is 9.79 Å². The molecule has 0 spiro atoms. The third-order valence-electron chi connectivity index (χ3n) is 1.29. The predicted octanol–water partition coefficient (Wildman–Crippen LogP) is 1.51. The summed E-state index contributed by atoms with van der Waals surface area (Å²) in [6.07, 6.45) is 0. The van der Waals surface area contributed by atoms with Crippen LogP contribution in [0.1, 0.15) is 0 Å². The molecule has 0 atom stereocenters. The van der Waals surface area contributed by atoms with Gasteiger partial charge in [-0.05, 0) is 36.0 Å². The van der Waals surface area contributed by atoms with Gasteiger partial charge < -0.3 is 0 Å². The van der Waals surface area contributed by atoms with E-state index in [-0.39, 0.29) is 4.90 Å². The molecule has 4 nitrogen and oxygen atoms in total. The number of benzene rings is 1. The molecule has 0 bridgehead atoms. The molecule has 6 heteroatoms. The fraction of sp³-hybridized carbons (Fsp3) is 0. The smallest absolute Gasteiger partial charge is 0.282 e. The van der Waals surface area contributed by atoms with Gasteiger partial charge in [-0.15, -0.1) is 0 Å². The Morgan fingerprint density at radius 3 is 2.23 bits per heavy atom. The molecule has 1 rings (SSSR count). The molecule has 0 fully saturated rings. The number of hydrogen-bond acceptors (Lipinski definition) is 4. The summed E-state index contributed by atoms with van der Waals surface area (Å²) in [5, 5.41) is 10.1. The molecule has 0 saturated heterocycles. The maximum Gasteiger partial charge on any atom is 0.294 e. The summed E-state index contributed by atoms with van der Waals surface area (Å²) in [7, 11) is -4.13. The number of nitriles is 1. The topological polar surface area (TPSA) is 78.2 Å². The molecular weight excluding hydrogens is 210 g/mol. The molecule has 13 heavy (non-hydrogen) atoms. The minimum atomic E-state index is -4.13. The minimum Gasteiger partial charge on any atom is -0.282 e. The highest BCUT2D eigenvalue weighted by Gasteiger charge is 2.07. The first-order chi connectivity index (χ1) is 6.04. The fourth-order valence-electron chi connectivity index (χ4n) is 0.732. The van der Waals surface area contributed by atoms with Crippen LogP contribution in [0.2, 0.25) is 0 Å². The summed E-state index contributed by atoms with van der Waals surface area (Å²) in [4.78, 5) is 0.463. The summed E-state index contributed by atoms with van der Waals surface area (Å²) in [5.41, 5.74) is 0. The number of hydrogen-bond donors (Lipinski definition) is 1. The van der Waals surface area contributed by atoms with Gasteiger partial charge in [0.1, 0.15) is 5.40 Å². The highest BCUT2D eigenvalue weighted by atomic mass is 32.2. The van der Waals surface area contributed by atoms with E-state index < -0.39 is 10.1 Å². The zero-order chi connectivity index (χ0) is 9.90. The van der Waals surface area contributed by atoms with Crippen LogP contribution < -0.4 is 0 Å². The summed E-state index contributed by atoms with van der Waals surface area (Å²) < 4.78 is 29.8. The van der Waals surface area contributed by atoms with Gasteiger partial charge in [0.15, 0.2) is 0 Å². The van der Waals surface area contributed by atoms with E-state index >= 15 is 0 Å². The van der Waals surface area contributed by atoms with Gasteiger partial charge in [-0.2, -0.15) is 13.7 Å². The molecule has 0 aliphatic heterocycles. The van der Waals surface area contributed by atoms with E-state index in [1.54, 1.807) is 0 Å². The monoisotopic (exact) mass is 215 g/mol. The Morgan fingerprint density at radius 2 is 1.85 bits per heavy atom. The molecule has 0 aliphatic carbocycles. The normalized spacial score (nSPS) is 10.8. The minimum absolute atomic E-state index is 0.171. The molecule has 68 valence electrons. The molecule has 0 amide bonds. The van der Waals surface area contributed by atoms with Gasteiger partial charge >= 0.3 is 0 Å². The van der Waals surface area contributed by atoms with E-state index in [0.29, 0.717) is 4.90 Å². The number of rotatable bonds is 2. The van der Waals surface area contributed by atoms with Gasteiger partial charge in [0, 0.05) is 4.90 Å². The predicted molar refractivity (Wildman–Crippen MR) is 47.7 cm³/mol. The Labute approximate surface area is 79.9 Å². The molecule has 0 radical (unpaired) electrons. The first kappa shape index (κ1) is 10.1. The van der Waals surface area contributed by atoms with Crippen molar-refractivity contribution in [3.05, 3.63) is 24.3 Å². The highest BCUT2D eigenvalue weighted by molar-refractivity contribution is 8.03. The Bertz CT molecular complexity index is 430. The third kappa shape index (κ3) is 2.73. The van der Waals surface area contributed by atoms with Crippen molar-refractivity contribution in [3.8, 4) is 5.40 Å². The van der Waals surface area contributed by atoms with Crippen LogP contribution in [0.15, 0.2) is 34.1 Å². The first-order valence-corrected chi connectivity index (χ1v) is 5.43. The Kier molecular flexibility index (Phi) is 2.93. The van der Waals surface area contributed by atoms with Crippen molar-refractivity contribution in [1.82, 2.24) is 0 Å². The lowest BCUT2D eigenvalue weighted by atomic mass is 10.4. The standard InChI is InChI=1S/C7H5NO3S2/c8-5-12-6-1-3-7(4-2-6)13(9,10)11/h1-4H,(H,9,10,11). The first-order valence-electron chi connectivity index (χ1n) is 3.17. The molecule has 0 aromatic heterocycles. The van der Waals surface area contributed by atoms with Crippen molar-refractivity contribution < 1.29 is 13.0 Å². The number of thiocyanates is 1. The quantitative estimate of drug-likeness (QED) is 0.459. The molecule has 0 unspecified atom stereocenters. The number of nitrogens with zero attached hydrogens (tertiary/aromatic N) is 1. The molecule has 1 N–H and O–H groups in total. The zero-order valence-electron chi connectivity index (χ0n) is 6.34. The van der Waals surface area contributed by atoms with Crippen LogP contribution in [-0.4, -0.2) is 13.0 Å². The Balaban J connectivity index is 3.03. The second-order valence-corrected chi connectivity index (χ2v) is 4.42. The average molecular weight is 215 g/mol. The third-order valence-corrected chi connectivity index (χ3v) is 2.75. The van der Waals surface area contributed by atoms with E-state index in [2.05, 4.69) is 0 Å². The average Bonchev–Trinajstić information content (AvgIpc) is 2.04. The van der Waals surface area contributed by atoms with Crippen molar-refractivity contribution in [2.75, 3.05) is 0 Å². The van der Waals surface area contributed by atoms with E-state index in [0.717, 1.165) is 11.8 Å². The lowest BCUT2D eigenvalue weighted by Crippen LogP contribution is -1.96. The van der Waals surface area contributed by atoms with Crippen molar-refractivity contribution in [2.24, 2.45) is 0 Å². The van der Waals surface area contributed by atoms with Gasteiger partial charge in [0.05, 0.1) is 4.90 Å². The van der Waals surface area contributed by atoms with Gasteiger partial charge in [-0.1, -0.05) is 0 Å². The van der Waals surface area contributed by atoms with Gasteiger partial charge in [0.2, 0.25) is 0 Å². The molecule has 0 aliphatic rings. The lowest BCUT2D eigenvalue weighted by molar-refractivity contribution is 0.483. The van der Waals surface area contributed by atoms with Gasteiger partial charge in [-0.3, -0.25) is 4.55 Å². The van der Waals surface area contributed by atoms with Crippen molar-refractivity contribution >= 4 is 21.9 Å². The lowest BCUT2D eigenvalue weighted by Gasteiger charge is -1.96. The maximum absolute atomic E-state index is 10.6. The molecular formula is C7H5NO3S2. The van der Waals surface area contributed by atoms with Crippen LogP contribution in [0.5, 0.6) is 0 Å². The van der Waals surface area contributed by atoms with Crippen LogP contribution in [0, 0.1) is 10.7 Å². The Hall–Kier alpha value is -1.03. The Morgan fingerprint density at radius 1 is 1.31 bits per heavy atom. The summed E-state index contributed by atoms with van der Waals surface area (Å²) in [5.74, 6) is 0. The fourth-order valence-corrected chi connectivity index (χ4v) is 1.59. The van der Waals surface area contributed by atoms with E-state index in [4.69, 9.17) is 9.81 Å². The molecule has 0 saturated carbocycles. The van der Waals surface area contributed by atoms with Crippen LogP contribution >= 0.6 is 11.8 Å². The summed E-state index contributed by atoms with van der Waals surface area (Å²) >= 11 is 0.924. The van der Waals surface area contributed by atoms with Crippen LogP contribution in [0.4, 0.5) is 0 Å². The van der Waals surface area contributed by atoms with Crippen LogP contribution in [-0.2, 0) is 10.1 Å².